The maximum atomic E-state index is 10.3. The normalized spacial score (nSPS) is 16.2. The number of hydrogen-bond donors (Lipinski definition) is 6. The van der Waals surface area contributed by atoms with Gasteiger partial charge in [0, 0.05) is 45.8 Å². The molecule has 8 heteroatoms. The van der Waals surface area contributed by atoms with Crippen LogP contribution in [0, 0.1) is 0 Å². The lowest BCUT2D eigenvalue weighted by Crippen LogP contribution is -2.50. The van der Waals surface area contributed by atoms with Gasteiger partial charge in [0.05, 0.1) is 25.4 Å². The van der Waals surface area contributed by atoms with E-state index in [-0.39, 0.29) is 26.3 Å². The SMILES string of the molecule is CC(O)CN(CC(C)O)C(O)CN(CCO)CCNCCO. The average Bonchev–Trinajstić information content (AvgIpc) is 2.42. The second-order valence-corrected chi connectivity index (χ2v) is 5.63. The molecule has 134 valence electrons. The van der Waals surface area contributed by atoms with Gasteiger partial charge in [0.2, 0.25) is 0 Å². The Hall–Kier alpha value is -0.320. The summed E-state index contributed by atoms with van der Waals surface area (Å²) in [5, 5.41) is 50.2. The van der Waals surface area contributed by atoms with Gasteiger partial charge in [0.15, 0.2) is 0 Å². The number of aliphatic hydroxyl groups is 5. The summed E-state index contributed by atoms with van der Waals surface area (Å²) in [5.74, 6) is 0. The van der Waals surface area contributed by atoms with E-state index >= 15 is 0 Å². The van der Waals surface area contributed by atoms with Crippen molar-refractivity contribution in [3.05, 3.63) is 0 Å². The molecule has 0 aromatic carbocycles. The summed E-state index contributed by atoms with van der Waals surface area (Å²) in [4.78, 5) is 3.52. The van der Waals surface area contributed by atoms with E-state index in [1.165, 1.54) is 0 Å². The predicted octanol–water partition coefficient (Wildman–Crippen LogP) is -2.76. The summed E-state index contributed by atoms with van der Waals surface area (Å²) in [6, 6.07) is 0. The molecule has 0 aliphatic carbocycles. The van der Waals surface area contributed by atoms with Gasteiger partial charge in [-0.1, -0.05) is 0 Å². The van der Waals surface area contributed by atoms with Crippen molar-refractivity contribution in [2.75, 3.05) is 59.0 Å². The second kappa shape index (κ2) is 13.1. The Labute approximate surface area is 133 Å². The molecular formula is C14H33N3O5. The van der Waals surface area contributed by atoms with E-state index in [0.717, 1.165) is 0 Å². The molecule has 8 nitrogen and oxygen atoms in total. The second-order valence-electron chi connectivity index (χ2n) is 5.63. The number of nitrogens with one attached hydrogen (secondary N) is 1. The molecule has 0 bridgehead atoms. The van der Waals surface area contributed by atoms with Crippen LogP contribution in [0.3, 0.4) is 0 Å². The molecule has 6 N–H and O–H groups in total. The van der Waals surface area contributed by atoms with Crippen LogP contribution in [0.25, 0.3) is 0 Å². The van der Waals surface area contributed by atoms with Crippen molar-refractivity contribution >= 4 is 0 Å². The Morgan fingerprint density at radius 2 is 1.41 bits per heavy atom. The van der Waals surface area contributed by atoms with Crippen molar-refractivity contribution in [1.82, 2.24) is 15.1 Å². The molecule has 0 spiro atoms. The Balaban J connectivity index is 4.42. The van der Waals surface area contributed by atoms with E-state index in [4.69, 9.17) is 10.2 Å². The van der Waals surface area contributed by atoms with Crippen molar-refractivity contribution in [1.29, 1.82) is 0 Å². The minimum atomic E-state index is -0.839. The quantitative estimate of drug-likeness (QED) is 0.150. The van der Waals surface area contributed by atoms with Gasteiger partial charge < -0.3 is 30.8 Å². The zero-order valence-electron chi connectivity index (χ0n) is 13.7. The summed E-state index contributed by atoms with van der Waals surface area (Å²) in [7, 11) is 0. The highest BCUT2D eigenvalue weighted by Gasteiger charge is 2.21. The highest BCUT2D eigenvalue weighted by atomic mass is 16.3. The van der Waals surface area contributed by atoms with Crippen LogP contribution >= 0.6 is 0 Å². The van der Waals surface area contributed by atoms with E-state index in [9.17, 15) is 15.3 Å². The summed E-state index contributed by atoms with van der Waals surface area (Å²) >= 11 is 0. The smallest absolute Gasteiger partial charge is 0.120 e. The van der Waals surface area contributed by atoms with Crippen LogP contribution in [0.15, 0.2) is 0 Å². The van der Waals surface area contributed by atoms with Gasteiger partial charge in [-0.3, -0.25) is 9.80 Å². The molecule has 3 unspecified atom stereocenters. The molecule has 0 aliphatic rings. The Morgan fingerprint density at radius 1 is 0.818 bits per heavy atom. The summed E-state index contributed by atoms with van der Waals surface area (Å²) in [6.07, 6.45) is -2.05. The third-order valence-corrected chi connectivity index (χ3v) is 3.15. The van der Waals surface area contributed by atoms with E-state index < -0.39 is 18.4 Å². The maximum absolute atomic E-state index is 10.3. The van der Waals surface area contributed by atoms with Crippen molar-refractivity contribution in [2.45, 2.75) is 32.3 Å². The first kappa shape index (κ1) is 21.7. The predicted molar refractivity (Wildman–Crippen MR) is 84.4 cm³/mol. The van der Waals surface area contributed by atoms with Gasteiger partial charge in [-0.15, -0.1) is 0 Å². The zero-order valence-corrected chi connectivity index (χ0v) is 13.7. The van der Waals surface area contributed by atoms with Crippen molar-refractivity contribution in [3.8, 4) is 0 Å². The van der Waals surface area contributed by atoms with Crippen molar-refractivity contribution in [2.24, 2.45) is 0 Å². The van der Waals surface area contributed by atoms with Crippen LogP contribution in [0.2, 0.25) is 0 Å². The largest absolute Gasteiger partial charge is 0.395 e. The third kappa shape index (κ3) is 11.3. The summed E-state index contributed by atoms with van der Waals surface area (Å²) < 4.78 is 0. The first-order chi connectivity index (χ1) is 10.4. The molecule has 0 saturated carbocycles. The fraction of sp³-hybridized carbons (Fsp3) is 1.00. The van der Waals surface area contributed by atoms with Crippen molar-refractivity contribution in [3.63, 3.8) is 0 Å². The number of hydrogen-bond acceptors (Lipinski definition) is 8. The molecule has 0 heterocycles. The van der Waals surface area contributed by atoms with Crippen LogP contribution < -0.4 is 5.32 Å². The van der Waals surface area contributed by atoms with Gasteiger partial charge in [-0.25, -0.2) is 0 Å². The number of aliphatic hydroxyl groups excluding tert-OH is 5. The molecule has 0 fully saturated rings. The summed E-state index contributed by atoms with van der Waals surface area (Å²) in [5.41, 5.74) is 0. The topological polar surface area (TPSA) is 120 Å². The van der Waals surface area contributed by atoms with Gasteiger partial charge in [-0.2, -0.15) is 0 Å². The number of nitrogens with zero attached hydrogens (tertiary/aromatic N) is 2. The van der Waals surface area contributed by atoms with Crippen LogP contribution in [0.5, 0.6) is 0 Å². The molecule has 0 radical (unpaired) electrons. The minimum absolute atomic E-state index is 0.0144. The molecule has 0 rings (SSSR count). The minimum Gasteiger partial charge on any atom is -0.395 e. The zero-order chi connectivity index (χ0) is 17.0. The van der Waals surface area contributed by atoms with E-state index in [0.29, 0.717) is 32.7 Å². The monoisotopic (exact) mass is 323 g/mol. The molecule has 0 amide bonds. The van der Waals surface area contributed by atoms with Gasteiger partial charge in [-0.05, 0) is 13.8 Å². The van der Waals surface area contributed by atoms with Gasteiger partial charge in [0.25, 0.3) is 0 Å². The van der Waals surface area contributed by atoms with Crippen LogP contribution in [0.4, 0.5) is 0 Å². The highest BCUT2D eigenvalue weighted by molar-refractivity contribution is 4.72. The molecule has 0 aliphatic heterocycles. The lowest BCUT2D eigenvalue weighted by atomic mass is 10.2. The standard InChI is InChI=1S/C14H33N3O5/c1-12(20)9-17(10-13(2)21)14(22)11-16(6-8-19)5-3-15-4-7-18/h12-15,18-22H,3-11H2,1-2H3. The lowest BCUT2D eigenvalue weighted by Gasteiger charge is -2.33. The summed E-state index contributed by atoms with van der Waals surface area (Å²) in [6.45, 7) is 6.34. The molecule has 0 aromatic heterocycles. The van der Waals surface area contributed by atoms with Crippen LogP contribution in [0.1, 0.15) is 13.8 Å². The fourth-order valence-electron chi connectivity index (χ4n) is 2.22. The molecule has 0 saturated heterocycles. The van der Waals surface area contributed by atoms with Gasteiger partial charge in [0.1, 0.15) is 6.23 Å². The first-order valence-electron chi connectivity index (χ1n) is 7.83. The molecule has 0 aromatic rings. The first-order valence-corrected chi connectivity index (χ1v) is 7.83. The van der Waals surface area contributed by atoms with Crippen molar-refractivity contribution < 1.29 is 25.5 Å². The van der Waals surface area contributed by atoms with E-state index in [1.807, 2.05) is 4.90 Å². The van der Waals surface area contributed by atoms with Crippen LogP contribution in [-0.2, 0) is 0 Å². The molecular weight excluding hydrogens is 290 g/mol. The number of rotatable bonds is 14. The lowest BCUT2D eigenvalue weighted by molar-refractivity contribution is -0.0558. The van der Waals surface area contributed by atoms with Gasteiger partial charge >= 0.3 is 0 Å². The average molecular weight is 323 g/mol. The Morgan fingerprint density at radius 3 is 1.86 bits per heavy atom. The highest BCUT2D eigenvalue weighted by Crippen LogP contribution is 2.03. The molecule has 22 heavy (non-hydrogen) atoms. The Kier molecular flexibility index (Phi) is 13.0. The van der Waals surface area contributed by atoms with Crippen LogP contribution in [-0.4, -0.2) is 113 Å². The van der Waals surface area contributed by atoms with E-state index in [1.54, 1.807) is 18.7 Å². The Bertz CT molecular complexity index is 247. The maximum Gasteiger partial charge on any atom is 0.120 e. The molecule has 3 atom stereocenters. The third-order valence-electron chi connectivity index (χ3n) is 3.15. The van der Waals surface area contributed by atoms with E-state index in [2.05, 4.69) is 5.32 Å². The fourth-order valence-corrected chi connectivity index (χ4v) is 2.22.